The minimum absolute atomic E-state index is 0.0594. The quantitative estimate of drug-likeness (QED) is 0.447. The van der Waals surface area contributed by atoms with Crippen molar-refractivity contribution in [2.24, 2.45) is 4.99 Å². The lowest BCUT2D eigenvalue weighted by Gasteiger charge is -2.21. The van der Waals surface area contributed by atoms with Gasteiger partial charge in [0.1, 0.15) is 4.91 Å². The molecule has 5 nitrogen and oxygen atoms in total. The van der Waals surface area contributed by atoms with Crippen molar-refractivity contribution in [2.75, 3.05) is 36.5 Å². The summed E-state index contributed by atoms with van der Waals surface area (Å²) in [4.78, 5) is 26.6. The molecule has 2 aromatic carbocycles. The number of thioether (sulfide) groups is 2. The molecule has 168 valence electrons. The first-order chi connectivity index (χ1) is 15.6. The van der Waals surface area contributed by atoms with Crippen molar-refractivity contribution in [3.8, 4) is 0 Å². The van der Waals surface area contributed by atoms with Crippen molar-refractivity contribution in [3.05, 3.63) is 58.5 Å². The molecule has 0 atom stereocenters. The minimum atomic E-state index is 0.0594. The van der Waals surface area contributed by atoms with Gasteiger partial charge in [0, 0.05) is 37.3 Å². The van der Waals surface area contributed by atoms with Crippen molar-refractivity contribution < 1.29 is 4.79 Å². The highest BCUT2D eigenvalue weighted by atomic mass is 32.2. The number of para-hydroxylation sites is 1. The van der Waals surface area contributed by atoms with E-state index in [1.165, 1.54) is 22.3 Å². The number of nitrogens with zero attached hydrogens (tertiary/aromatic N) is 4. The fourth-order valence-corrected chi connectivity index (χ4v) is 6.24. The minimum Gasteiger partial charge on any atom is -0.372 e. The van der Waals surface area contributed by atoms with Crippen molar-refractivity contribution in [1.29, 1.82) is 0 Å². The average molecular weight is 467 g/mol. The van der Waals surface area contributed by atoms with E-state index in [1.807, 2.05) is 36.2 Å². The second-order valence-corrected chi connectivity index (χ2v) is 9.77. The highest BCUT2D eigenvalue weighted by molar-refractivity contribution is 8.19. The normalized spacial score (nSPS) is 19.2. The van der Waals surface area contributed by atoms with E-state index in [0.29, 0.717) is 6.54 Å². The molecule has 1 amide bonds. The Hall–Kier alpha value is -2.38. The molecule has 0 bridgehead atoms. The fourth-order valence-electron chi connectivity index (χ4n) is 3.87. The van der Waals surface area contributed by atoms with Crippen LogP contribution in [-0.4, -0.2) is 42.7 Å². The van der Waals surface area contributed by atoms with Crippen LogP contribution in [-0.2, 0) is 4.79 Å². The summed E-state index contributed by atoms with van der Waals surface area (Å²) in [6, 6.07) is 16.6. The molecular weight excluding hydrogens is 436 g/mol. The van der Waals surface area contributed by atoms with Gasteiger partial charge in [-0.25, -0.2) is 4.99 Å². The third-order valence-electron chi connectivity index (χ3n) is 5.73. The number of carbonyl (C=O) groups is 1. The topological polar surface area (TPSA) is 39.2 Å². The number of rotatable bonds is 7. The van der Waals surface area contributed by atoms with E-state index in [-0.39, 0.29) is 5.91 Å². The zero-order chi connectivity index (χ0) is 22.7. The molecule has 0 saturated carbocycles. The number of aliphatic imine (C=N–C) groups is 1. The van der Waals surface area contributed by atoms with Gasteiger partial charge in [-0.1, -0.05) is 37.2 Å². The maximum atomic E-state index is 13.4. The summed E-state index contributed by atoms with van der Waals surface area (Å²) in [6.07, 6.45) is 1.99. The highest BCUT2D eigenvalue weighted by Crippen LogP contribution is 2.50. The van der Waals surface area contributed by atoms with E-state index >= 15 is 0 Å². The lowest BCUT2D eigenvalue weighted by atomic mass is 10.2. The summed E-state index contributed by atoms with van der Waals surface area (Å²) in [5.74, 6) is 0.0594. The fraction of sp³-hybridized carbons (Fsp3) is 0.360. The van der Waals surface area contributed by atoms with Crippen LogP contribution in [0.25, 0.3) is 0 Å². The first-order valence-electron chi connectivity index (χ1n) is 11.3. The Balaban J connectivity index is 1.65. The SMILES string of the molecule is CCCCN1C(=O)/C(=C2/Sc3ccccc3N2C)SC1=Nc1ccc(N(CC)CC)cc1. The van der Waals surface area contributed by atoms with E-state index < -0.39 is 0 Å². The van der Waals surface area contributed by atoms with E-state index in [0.717, 1.165) is 52.4 Å². The van der Waals surface area contributed by atoms with Gasteiger partial charge in [0.15, 0.2) is 5.17 Å². The molecule has 0 N–H and O–H groups in total. The molecule has 0 unspecified atom stereocenters. The van der Waals surface area contributed by atoms with E-state index in [2.05, 4.69) is 54.8 Å². The average Bonchev–Trinajstić information content (AvgIpc) is 3.30. The molecule has 4 rings (SSSR count). The largest absolute Gasteiger partial charge is 0.372 e. The Labute approximate surface area is 199 Å². The molecular formula is C25H30N4OS2. The molecule has 0 spiro atoms. The smallest absolute Gasteiger partial charge is 0.269 e. The molecule has 2 aliphatic rings. The van der Waals surface area contributed by atoms with Gasteiger partial charge in [0.25, 0.3) is 5.91 Å². The van der Waals surface area contributed by atoms with Gasteiger partial charge in [-0.05, 0) is 68.4 Å². The zero-order valence-electron chi connectivity index (χ0n) is 19.2. The van der Waals surface area contributed by atoms with Crippen LogP contribution in [0.3, 0.4) is 0 Å². The van der Waals surface area contributed by atoms with Crippen LogP contribution < -0.4 is 9.80 Å². The summed E-state index contributed by atoms with van der Waals surface area (Å²) >= 11 is 3.16. The Morgan fingerprint density at radius 2 is 1.69 bits per heavy atom. The molecule has 0 aromatic heterocycles. The van der Waals surface area contributed by atoms with Gasteiger partial charge in [-0.15, -0.1) is 0 Å². The van der Waals surface area contributed by atoms with E-state index in [9.17, 15) is 4.79 Å². The van der Waals surface area contributed by atoms with Crippen molar-refractivity contribution in [1.82, 2.24) is 4.90 Å². The third kappa shape index (κ3) is 4.41. The van der Waals surface area contributed by atoms with E-state index in [4.69, 9.17) is 4.99 Å². The number of benzene rings is 2. The zero-order valence-corrected chi connectivity index (χ0v) is 20.8. The maximum Gasteiger partial charge on any atom is 0.269 e. The summed E-state index contributed by atoms with van der Waals surface area (Å²) < 4.78 is 0. The third-order valence-corrected chi connectivity index (χ3v) is 8.17. The molecule has 0 aliphatic carbocycles. The molecule has 2 aromatic rings. The van der Waals surface area contributed by atoms with Gasteiger partial charge in [-0.2, -0.15) is 0 Å². The number of hydrogen-bond acceptors (Lipinski definition) is 6. The van der Waals surface area contributed by atoms with Crippen molar-refractivity contribution in [2.45, 2.75) is 38.5 Å². The van der Waals surface area contributed by atoms with Gasteiger partial charge in [0.05, 0.1) is 16.4 Å². The molecule has 1 fully saturated rings. The van der Waals surface area contributed by atoms with Crippen LogP contribution in [0.4, 0.5) is 17.1 Å². The standard InChI is InChI=1S/C25H30N4OS2/c1-5-8-17-29-23(30)22(24-27(4)20-11-9-10-12-21(20)31-24)32-25(29)26-18-13-15-19(16-14-18)28(6-2)7-3/h9-16H,5-8,17H2,1-4H3/b24-22-,26-25?. The Morgan fingerprint density at radius 3 is 2.34 bits per heavy atom. The van der Waals surface area contributed by atoms with Gasteiger partial charge in [-0.3, -0.25) is 9.69 Å². The maximum absolute atomic E-state index is 13.4. The number of unbranched alkanes of at least 4 members (excludes halogenated alkanes) is 1. The number of hydrogen-bond donors (Lipinski definition) is 0. The van der Waals surface area contributed by atoms with Gasteiger partial charge in [0.2, 0.25) is 0 Å². The van der Waals surface area contributed by atoms with Crippen LogP contribution in [0, 0.1) is 0 Å². The van der Waals surface area contributed by atoms with Crippen LogP contribution in [0.15, 0.2) is 68.4 Å². The first kappa shape index (κ1) is 22.8. The number of amidine groups is 1. The van der Waals surface area contributed by atoms with Crippen LogP contribution in [0.1, 0.15) is 33.6 Å². The first-order valence-corrected chi connectivity index (χ1v) is 12.9. The Kier molecular flexibility index (Phi) is 7.16. The Bertz CT molecular complexity index is 1040. The predicted molar refractivity (Wildman–Crippen MR) is 139 cm³/mol. The second kappa shape index (κ2) is 10.0. The molecule has 32 heavy (non-hydrogen) atoms. The van der Waals surface area contributed by atoms with Gasteiger partial charge >= 0.3 is 0 Å². The van der Waals surface area contributed by atoms with Crippen LogP contribution in [0.2, 0.25) is 0 Å². The summed E-state index contributed by atoms with van der Waals surface area (Å²) in [7, 11) is 2.03. The van der Waals surface area contributed by atoms with Crippen LogP contribution in [0.5, 0.6) is 0 Å². The molecule has 2 aliphatic heterocycles. The summed E-state index contributed by atoms with van der Waals surface area (Å²) in [5.41, 5.74) is 3.21. The molecule has 2 heterocycles. The molecule has 7 heteroatoms. The number of amides is 1. The Morgan fingerprint density at radius 1 is 0.969 bits per heavy atom. The van der Waals surface area contributed by atoms with Crippen LogP contribution >= 0.6 is 23.5 Å². The monoisotopic (exact) mass is 466 g/mol. The van der Waals surface area contributed by atoms with Crippen molar-refractivity contribution in [3.63, 3.8) is 0 Å². The number of carbonyl (C=O) groups excluding carboxylic acids is 1. The second-order valence-electron chi connectivity index (χ2n) is 7.76. The molecule has 0 radical (unpaired) electrons. The summed E-state index contributed by atoms with van der Waals surface area (Å²) in [6.45, 7) is 9.11. The lowest BCUT2D eigenvalue weighted by Crippen LogP contribution is -2.30. The predicted octanol–water partition coefficient (Wildman–Crippen LogP) is 6.31. The molecule has 1 saturated heterocycles. The summed E-state index contributed by atoms with van der Waals surface area (Å²) in [5, 5.41) is 1.76. The highest BCUT2D eigenvalue weighted by Gasteiger charge is 2.38. The van der Waals surface area contributed by atoms with E-state index in [1.54, 1.807) is 11.8 Å². The number of fused-ring (bicyclic) bond motifs is 1. The van der Waals surface area contributed by atoms with Gasteiger partial charge < -0.3 is 9.80 Å². The van der Waals surface area contributed by atoms with Crippen molar-refractivity contribution >= 4 is 51.7 Å². The lowest BCUT2D eigenvalue weighted by molar-refractivity contribution is -0.122. The number of anilines is 2.